The Kier molecular flexibility index (Phi) is 4.97. The number of nitrogens with one attached hydrogen (secondary N) is 2. The molecule has 0 bridgehead atoms. The van der Waals surface area contributed by atoms with Gasteiger partial charge in [0, 0.05) is 6.54 Å². The normalized spacial score (nSPS) is 13.8. The third-order valence-corrected chi connectivity index (χ3v) is 2.65. The minimum absolute atomic E-state index is 0.142. The number of carbonyl (C=O) groups excluding carboxylic acids is 1. The van der Waals surface area contributed by atoms with E-state index in [1.807, 2.05) is 37.3 Å². The summed E-state index contributed by atoms with van der Waals surface area (Å²) in [6.07, 6.45) is 0.884. The van der Waals surface area contributed by atoms with Crippen LogP contribution < -0.4 is 10.6 Å². The van der Waals surface area contributed by atoms with Crippen molar-refractivity contribution in [3.05, 3.63) is 35.9 Å². The van der Waals surface area contributed by atoms with Gasteiger partial charge in [0.25, 0.3) is 0 Å². The van der Waals surface area contributed by atoms with Crippen LogP contribution in [0.1, 0.15) is 25.8 Å². The second kappa shape index (κ2) is 6.25. The minimum Gasteiger partial charge on any atom is -0.394 e. The molecule has 3 N–H and O–H groups in total. The van der Waals surface area contributed by atoms with Gasteiger partial charge in [-0.25, -0.2) is 4.79 Å². The molecule has 0 spiro atoms. The quantitative estimate of drug-likeness (QED) is 0.727. The van der Waals surface area contributed by atoms with Gasteiger partial charge in [-0.3, -0.25) is 0 Å². The molecule has 0 radical (unpaired) electrons. The monoisotopic (exact) mass is 236 g/mol. The van der Waals surface area contributed by atoms with Gasteiger partial charge in [0.05, 0.1) is 12.1 Å². The maximum Gasteiger partial charge on any atom is 0.315 e. The lowest BCUT2D eigenvalue weighted by Crippen LogP contribution is -2.50. The van der Waals surface area contributed by atoms with Crippen molar-refractivity contribution >= 4 is 6.03 Å². The topological polar surface area (TPSA) is 61.4 Å². The minimum atomic E-state index is -0.751. The first-order chi connectivity index (χ1) is 8.12. The smallest absolute Gasteiger partial charge is 0.315 e. The molecule has 2 amide bonds. The highest BCUT2D eigenvalue weighted by molar-refractivity contribution is 5.75. The van der Waals surface area contributed by atoms with E-state index in [1.54, 1.807) is 6.92 Å². The van der Waals surface area contributed by atoms with E-state index in [9.17, 15) is 9.90 Å². The molecule has 94 valence electrons. The lowest BCUT2D eigenvalue weighted by atomic mass is 9.93. The van der Waals surface area contributed by atoms with Crippen molar-refractivity contribution in [1.82, 2.24) is 10.6 Å². The lowest BCUT2D eigenvalue weighted by Gasteiger charge is -2.29. The third-order valence-electron chi connectivity index (χ3n) is 2.65. The summed E-state index contributed by atoms with van der Waals surface area (Å²) in [5.74, 6) is 0. The SMILES string of the molecule is CCCNC(=O)NC(C)(CO)c1ccccc1. The van der Waals surface area contributed by atoms with Crippen molar-refractivity contribution in [1.29, 1.82) is 0 Å². The molecule has 1 atom stereocenters. The van der Waals surface area contributed by atoms with Crippen molar-refractivity contribution in [2.45, 2.75) is 25.8 Å². The number of carbonyl (C=O) groups is 1. The Labute approximate surface area is 102 Å². The number of hydrogen-bond donors (Lipinski definition) is 3. The molecule has 0 fully saturated rings. The largest absolute Gasteiger partial charge is 0.394 e. The fourth-order valence-corrected chi connectivity index (χ4v) is 1.54. The second-order valence-corrected chi connectivity index (χ2v) is 4.24. The lowest BCUT2D eigenvalue weighted by molar-refractivity contribution is 0.171. The summed E-state index contributed by atoms with van der Waals surface area (Å²) >= 11 is 0. The summed E-state index contributed by atoms with van der Waals surface area (Å²) in [5, 5.41) is 15.0. The molecule has 0 aliphatic heterocycles. The molecule has 0 heterocycles. The van der Waals surface area contributed by atoms with E-state index in [0.29, 0.717) is 6.54 Å². The van der Waals surface area contributed by atoms with Crippen molar-refractivity contribution in [2.24, 2.45) is 0 Å². The van der Waals surface area contributed by atoms with Gasteiger partial charge in [0.2, 0.25) is 0 Å². The fourth-order valence-electron chi connectivity index (χ4n) is 1.54. The highest BCUT2D eigenvalue weighted by Gasteiger charge is 2.27. The Morgan fingerprint density at radius 1 is 1.35 bits per heavy atom. The Bertz CT molecular complexity index is 354. The van der Waals surface area contributed by atoms with Gasteiger partial charge >= 0.3 is 6.03 Å². The van der Waals surface area contributed by atoms with Crippen molar-refractivity contribution in [3.8, 4) is 0 Å². The molecule has 0 aliphatic rings. The molecule has 1 rings (SSSR count). The van der Waals surface area contributed by atoms with Gasteiger partial charge in [-0.2, -0.15) is 0 Å². The second-order valence-electron chi connectivity index (χ2n) is 4.24. The standard InChI is InChI=1S/C13H20N2O2/c1-3-9-14-12(17)15-13(2,10-16)11-7-5-4-6-8-11/h4-8,16H,3,9-10H2,1-2H3,(H2,14,15,17). The van der Waals surface area contributed by atoms with Crippen molar-refractivity contribution in [2.75, 3.05) is 13.2 Å². The zero-order valence-corrected chi connectivity index (χ0v) is 10.4. The highest BCUT2D eigenvalue weighted by Crippen LogP contribution is 2.19. The van der Waals surface area contributed by atoms with E-state index in [-0.39, 0.29) is 12.6 Å². The average Bonchev–Trinajstić information content (AvgIpc) is 2.37. The molecule has 17 heavy (non-hydrogen) atoms. The van der Waals surface area contributed by atoms with Gasteiger partial charge in [-0.1, -0.05) is 37.3 Å². The van der Waals surface area contributed by atoms with Crippen LogP contribution in [0.2, 0.25) is 0 Å². The summed E-state index contributed by atoms with van der Waals surface area (Å²) in [5.41, 5.74) is 0.133. The number of urea groups is 1. The predicted molar refractivity (Wildman–Crippen MR) is 67.7 cm³/mol. The van der Waals surface area contributed by atoms with E-state index >= 15 is 0 Å². The Morgan fingerprint density at radius 2 is 2.00 bits per heavy atom. The molecular formula is C13H20N2O2. The van der Waals surface area contributed by atoms with E-state index in [2.05, 4.69) is 10.6 Å². The number of benzene rings is 1. The van der Waals surface area contributed by atoms with Crippen LogP contribution in [0.4, 0.5) is 4.79 Å². The summed E-state index contributed by atoms with van der Waals surface area (Å²) in [6.45, 7) is 4.27. The van der Waals surface area contributed by atoms with Crippen molar-refractivity contribution < 1.29 is 9.90 Å². The molecule has 1 aromatic carbocycles. The molecule has 0 saturated heterocycles. The molecule has 4 heteroatoms. The maximum absolute atomic E-state index is 11.6. The third kappa shape index (κ3) is 3.75. The Hall–Kier alpha value is -1.55. The van der Waals surface area contributed by atoms with E-state index in [0.717, 1.165) is 12.0 Å². The molecule has 0 aromatic heterocycles. The Balaban J connectivity index is 2.72. The predicted octanol–water partition coefficient (Wildman–Crippen LogP) is 1.60. The van der Waals surface area contributed by atoms with E-state index < -0.39 is 5.54 Å². The maximum atomic E-state index is 11.6. The first-order valence-corrected chi connectivity index (χ1v) is 5.85. The summed E-state index contributed by atoms with van der Waals surface area (Å²) in [7, 11) is 0. The van der Waals surface area contributed by atoms with Gasteiger partial charge in [0.15, 0.2) is 0 Å². The van der Waals surface area contributed by atoms with Crippen LogP contribution in [0, 0.1) is 0 Å². The van der Waals surface area contributed by atoms with Gasteiger partial charge in [-0.15, -0.1) is 0 Å². The van der Waals surface area contributed by atoms with Crippen LogP contribution in [0.15, 0.2) is 30.3 Å². The van der Waals surface area contributed by atoms with Crippen LogP contribution in [0.5, 0.6) is 0 Å². The molecule has 4 nitrogen and oxygen atoms in total. The number of hydrogen-bond acceptors (Lipinski definition) is 2. The van der Waals surface area contributed by atoms with E-state index in [4.69, 9.17) is 0 Å². The van der Waals surface area contributed by atoms with Crippen LogP contribution >= 0.6 is 0 Å². The van der Waals surface area contributed by atoms with Crippen LogP contribution in [0.3, 0.4) is 0 Å². The number of rotatable bonds is 5. The average molecular weight is 236 g/mol. The first kappa shape index (κ1) is 13.5. The summed E-state index contributed by atoms with van der Waals surface area (Å²) in [4.78, 5) is 11.6. The molecule has 1 unspecified atom stereocenters. The van der Waals surface area contributed by atoms with Crippen LogP contribution in [-0.4, -0.2) is 24.3 Å². The number of aliphatic hydroxyl groups excluding tert-OH is 1. The van der Waals surface area contributed by atoms with Gasteiger partial charge in [-0.05, 0) is 18.9 Å². The van der Waals surface area contributed by atoms with E-state index in [1.165, 1.54) is 0 Å². The molecule has 1 aromatic rings. The highest BCUT2D eigenvalue weighted by atomic mass is 16.3. The van der Waals surface area contributed by atoms with Gasteiger partial charge < -0.3 is 15.7 Å². The van der Waals surface area contributed by atoms with Crippen molar-refractivity contribution in [3.63, 3.8) is 0 Å². The summed E-state index contributed by atoms with van der Waals surface area (Å²) in [6, 6.07) is 9.18. The van der Waals surface area contributed by atoms with Gasteiger partial charge in [0.1, 0.15) is 0 Å². The van der Waals surface area contributed by atoms with Crippen LogP contribution in [0.25, 0.3) is 0 Å². The fraction of sp³-hybridized carbons (Fsp3) is 0.462. The zero-order valence-electron chi connectivity index (χ0n) is 10.4. The molecule has 0 aliphatic carbocycles. The number of amides is 2. The molecular weight excluding hydrogens is 216 g/mol. The van der Waals surface area contributed by atoms with Crippen LogP contribution in [-0.2, 0) is 5.54 Å². The number of aliphatic hydroxyl groups is 1. The zero-order chi connectivity index (χ0) is 12.7. The Morgan fingerprint density at radius 3 is 2.53 bits per heavy atom. The summed E-state index contributed by atoms with van der Waals surface area (Å²) < 4.78 is 0. The first-order valence-electron chi connectivity index (χ1n) is 5.85. The molecule has 0 saturated carbocycles.